The summed E-state index contributed by atoms with van der Waals surface area (Å²) >= 11 is 1.63. The quantitative estimate of drug-likeness (QED) is 0.885. The molecule has 0 fully saturated rings. The topological polar surface area (TPSA) is 48.1 Å². The number of rotatable bonds is 5. The molecule has 1 aromatic carbocycles. The summed E-state index contributed by atoms with van der Waals surface area (Å²) in [6, 6.07) is 8.31. The zero-order chi connectivity index (χ0) is 12.1. The van der Waals surface area contributed by atoms with Gasteiger partial charge in [-0.2, -0.15) is 0 Å². The van der Waals surface area contributed by atoms with Crippen molar-refractivity contribution in [2.24, 2.45) is 5.73 Å². The molecule has 2 N–H and O–H groups in total. The van der Waals surface area contributed by atoms with Gasteiger partial charge in [-0.05, 0) is 12.5 Å². The van der Waals surface area contributed by atoms with Crippen LogP contribution in [0.1, 0.15) is 18.2 Å². The van der Waals surface area contributed by atoms with Crippen molar-refractivity contribution in [3.8, 4) is 10.6 Å². The Morgan fingerprint density at radius 2 is 2.06 bits per heavy atom. The van der Waals surface area contributed by atoms with E-state index < -0.39 is 0 Å². The number of benzene rings is 1. The maximum atomic E-state index is 5.55. The van der Waals surface area contributed by atoms with E-state index in [0.717, 1.165) is 22.9 Å². The maximum Gasteiger partial charge on any atom is 0.123 e. The lowest BCUT2D eigenvalue weighted by atomic mass is 10.1. The molecular weight excluding hydrogens is 232 g/mol. The standard InChI is InChI=1S/C13H16N2OS/c1-2-16-8-10-3-5-11(6-4-10)13-15-12(7-14)9-17-13/h3-6,9H,2,7-8,14H2,1H3. The Labute approximate surface area is 105 Å². The van der Waals surface area contributed by atoms with Gasteiger partial charge < -0.3 is 10.5 Å². The average molecular weight is 248 g/mol. The van der Waals surface area contributed by atoms with Crippen LogP contribution in [0.5, 0.6) is 0 Å². The van der Waals surface area contributed by atoms with Crippen LogP contribution in [0.3, 0.4) is 0 Å². The summed E-state index contributed by atoms with van der Waals surface area (Å²) in [4.78, 5) is 4.45. The molecule has 2 rings (SSSR count). The second-order valence-corrected chi connectivity index (χ2v) is 4.54. The van der Waals surface area contributed by atoms with E-state index in [1.807, 2.05) is 12.3 Å². The van der Waals surface area contributed by atoms with Crippen LogP contribution in [0, 0.1) is 0 Å². The molecule has 3 nitrogen and oxygen atoms in total. The Bertz CT molecular complexity index is 465. The predicted octanol–water partition coefficient (Wildman–Crippen LogP) is 2.81. The summed E-state index contributed by atoms with van der Waals surface area (Å²) in [7, 11) is 0. The summed E-state index contributed by atoms with van der Waals surface area (Å²) in [5.74, 6) is 0. The van der Waals surface area contributed by atoms with Gasteiger partial charge in [-0.15, -0.1) is 11.3 Å². The zero-order valence-electron chi connectivity index (χ0n) is 9.85. The van der Waals surface area contributed by atoms with Crippen LogP contribution in [0.25, 0.3) is 10.6 Å². The van der Waals surface area contributed by atoms with Crippen LogP contribution in [-0.4, -0.2) is 11.6 Å². The number of aromatic nitrogens is 1. The minimum atomic E-state index is 0.499. The van der Waals surface area contributed by atoms with Crippen molar-refractivity contribution in [2.75, 3.05) is 6.61 Å². The van der Waals surface area contributed by atoms with Gasteiger partial charge in [-0.25, -0.2) is 4.98 Å². The SMILES string of the molecule is CCOCc1ccc(-c2nc(CN)cs2)cc1. The molecule has 0 aliphatic heterocycles. The molecule has 0 unspecified atom stereocenters. The van der Waals surface area contributed by atoms with E-state index in [1.54, 1.807) is 11.3 Å². The third kappa shape index (κ3) is 3.12. The van der Waals surface area contributed by atoms with E-state index in [2.05, 4.69) is 29.2 Å². The largest absolute Gasteiger partial charge is 0.377 e. The fourth-order valence-corrected chi connectivity index (χ4v) is 2.34. The fourth-order valence-electron chi connectivity index (χ4n) is 1.50. The van der Waals surface area contributed by atoms with Crippen molar-refractivity contribution in [2.45, 2.75) is 20.1 Å². The van der Waals surface area contributed by atoms with Gasteiger partial charge in [0.05, 0.1) is 12.3 Å². The fraction of sp³-hybridized carbons (Fsp3) is 0.308. The lowest BCUT2D eigenvalue weighted by Crippen LogP contribution is -1.95. The smallest absolute Gasteiger partial charge is 0.123 e. The van der Waals surface area contributed by atoms with Crippen LogP contribution in [0.15, 0.2) is 29.6 Å². The van der Waals surface area contributed by atoms with Gasteiger partial charge in [0, 0.05) is 24.1 Å². The van der Waals surface area contributed by atoms with Crippen LogP contribution < -0.4 is 5.73 Å². The Morgan fingerprint density at radius 1 is 1.29 bits per heavy atom. The van der Waals surface area contributed by atoms with Crippen LogP contribution in [0.4, 0.5) is 0 Å². The van der Waals surface area contributed by atoms with Gasteiger partial charge in [-0.3, -0.25) is 0 Å². The van der Waals surface area contributed by atoms with Crippen molar-refractivity contribution in [3.63, 3.8) is 0 Å². The molecule has 17 heavy (non-hydrogen) atoms. The summed E-state index contributed by atoms with van der Waals surface area (Å²) in [6.45, 7) is 3.91. The minimum absolute atomic E-state index is 0.499. The van der Waals surface area contributed by atoms with Crippen molar-refractivity contribution < 1.29 is 4.74 Å². The van der Waals surface area contributed by atoms with Gasteiger partial charge in [0.25, 0.3) is 0 Å². The molecule has 0 amide bonds. The second-order valence-electron chi connectivity index (χ2n) is 3.68. The molecule has 0 bridgehead atoms. The number of hydrogen-bond donors (Lipinski definition) is 1. The monoisotopic (exact) mass is 248 g/mol. The molecule has 0 aliphatic carbocycles. The lowest BCUT2D eigenvalue weighted by Gasteiger charge is -2.02. The van der Waals surface area contributed by atoms with E-state index in [4.69, 9.17) is 10.5 Å². The molecule has 0 radical (unpaired) electrons. The third-order valence-electron chi connectivity index (χ3n) is 2.43. The Morgan fingerprint density at radius 3 is 2.65 bits per heavy atom. The molecule has 1 heterocycles. The highest BCUT2D eigenvalue weighted by Crippen LogP contribution is 2.23. The molecule has 2 aromatic rings. The first-order valence-corrected chi connectivity index (χ1v) is 6.53. The Kier molecular flexibility index (Phi) is 4.25. The molecule has 0 spiro atoms. The van der Waals surface area contributed by atoms with Crippen LogP contribution >= 0.6 is 11.3 Å². The Hall–Kier alpha value is -1.23. The predicted molar refractivity (Wildman–Crippen MR) is 70.8 cm³/mol. The molecule has 0 saturated carbocycles. The van der Waals surface area contributed by atoms with Gasteiger partial charge >= 0.3 is 0 Å². The average Bonchev–Trinajstić information content (AvgIpc) is 2.86. The van der Waals surface area contributed by atoms with Gasteiger partial charge in [-0.1, -0.05) is 24.3 Å². The number of thiazole rings is 1. The minimum Gasteiger partial charge on any atom is -0.377 e. The van der Waals surface area contributed by atoms with E-state index >= 15 is 0 Å². The van der Waals surface area contributed by atoms with Gasteiger partial charge in [0.2, 0.25) is 0 Å². The molecular formula is C13H16N2OS. The second kappa shape index (κ2) is 5.91. The summed E-state index contributed by atoms with van der Waals surface area (Å²) < 4.78 is 5.36. The zero-order valence-corrected chi connectivity index (χ0v) is 10.7. The number of nitrogens with zero attached hydrogens (tertiary/aromatic N) is 1. The summed E-state index contributed by atoms with van der Waals surface area (Å²) in [5.41, 5.74) is 8.82. The highest BCUT2D eigenvalue weighted by atomic mass is 32.1. The van der Waals surface area contributed by atoms with E-state index in [9.17, 15) is 0 Å². The number of ether oxygens (including phenoxy) is 1. The van der Waals surface area contributed by atoms with Gasteiger partial charge in [0.15, 0.2) is 0 Å². The number of nitrogens with two attached hydrogens (primary N) is 1. The van der Waals surface area contributed by atoms with Gasteiger partial charge in [0.1, 0.15) is 5.01 Å². The lowest BCUT2D eigenvalue weighted by molar-refractivity contribution is 0.134. The maximum absolute atomic E-state index is 5.55. The first kappa shape index (κ1) is 12.2. The normalized spacial score (nSPS) is 10.7. The first-order chi connectivity index (χ1) is 8.33. The van der Waals surface area contributed by atoms with Crippen molar-refractivity contribution in [1.82, 2.24) is 4.98 Å². The van der Waals surface area contributed by atoms with E-state index in [0.29, 0.717) is 13.2 Å². The molecule has 90 valence electrons. The van der Waals surface area contributed by atoms with Crippen molar-refractivity contribution in [3.05, 3.63) is 40.9 Å². The van der Waals surface area contributed by atoms with Crippen LogP contribution in [0.2, 0.25) is 0 Å². The summed E-state index contributed by atoms with van der Waals surface area (Å²) in [5, 5.41) is 3.03. The summed E-state index contributed by atoms with van der Waals surface area (Å²) in [6.07, 6.45) is 0. The third-order valence-corrected chi connectivity index (χ3v) is 3.37. The first-order valence-electron chi connectivity index (χ1n) is 5.65. The highest BCUT2D eigenvalue weighted by Gasteiger charge is 2.03. The molecule has 0 aliphatic rings. The molecule has 0 saturated heterocycles. The Balaban J connectivity index is 2.11. The van der Waals surface area contributed by atoms with Crippen molar-refractivity contribution in [1.29, 1.82) is 0 Å². The molecule has 0 atom stereocenters. The molecule has 4 heteroatoms. The van der Waals surface area contributed by atoms with E-state index in [1.165, 1.54) is 5.56 Å². The van der Waals surface area contributed by atoms with Crippen LogP contribution in [-0.2, 0) is 17.9 Å². The number of hydrogen-bond acceptors (Lipinski definition) is 4. The van der Waals surface area contributed by atoms with Crippen molar-refractivity contribution >= 4 is 11.3 Å². The molecule has 1 aromatic heterocycles. The highest BCUT2D eigenvalue weighted by molar-refractivity contribution is 7.13. The van der Waals surface area contributed by atoms with E-state index in [-0.39, 0.29) is 0 Å².